The van der Waals surface area contributed by atoms with Gasteiger partial charge in [-0.25, -0.2) is 0 Å². The first-order valence-electron chi connectivity index (χ1n) is 5.99. The van der Waals surface area contributed by atoms with Crippen LogP contribution in [-0.2, 0) is 0 Å². The molecule has 7 nitrogen and oxygen atoms in total. The molecule has 0 aliphatic heterocycles. The Morgan fingerprint density at radius 3 is 2.22 bits per heavy atom. The van der Waals surface area contributed by atoms with Crippen molar-refractivity contribution in [3.8, 4) is 12.0 Å². The molecular formula is C11H19N5O2. The number of nitrogens with two attached hydrogens (primary N) is 1. The van der Waals surface area contributed by atoms with E-state index in [1.54, 1.807) is 0 Å². The lowest BCUT2D eigenvalue weighted by molar-refractivity contribution is 0.340. The Labute approximate surface area is 106 Å². The van der Waals surface area contributed by atoms with Crippen molar-refractivity contribution < 1.29 is 9.47 Å². The second kappa shape index (κ2) is 5.34. The fourth-order valence-corrected chi connectivity index (χ4v) is 1.86. The molecule has 0 unspecified atom stereocenters. The van der Waals surface area contributed by atoms with E-state index in [-0.39, 0.29) is 12.0 Å². The summed E-state index contributed by atoms with van der Waals surface area (Å²) in [4.78, 5) is 12.2. The number of rotatable bonds is 7. The summed E-state index contributed by atoms with van der Waals surface area (Å²) in [5.74, 6) is 0.474. The molecule has 3 N–H and O–H groups in total. The van der Waals surface area contributed by atoms with Gasteiger partial charge >= 0.3 is 12.0 Å². The third-order valence-electron chi connectivity index (χ3n) is 3.21. The second-order valence-electron chi connectivity index (χ2n) is 4.52. The summed E-state index contributed by atoms with van der Waals surface area (Å²) in [6.45, 7) is 1.53. The van der Waals surface area contributed by atoms with Gasteiger partial charge in [0.1, 0.15) is 0 Å². The zero-order chi connectivity index (χ0) is 13.0. The van der Waals surface area contributed by atoms with E-state index < -0.39 is 0 Å². The van der Waals surface area contributed by atoms with Crippen LogP contribution in [0.5, 0.6) is 12.0 Å². The molecule has 0 radical (unpaired) electrons. The minimum Gasteiger partial charge on any atom is -0.467 e. The van der Waals surface area contributed by atoms with E-state index in [1.807, 2.05) is 0 Å². The molecule has 1 aliphatic rings. The van der Waals surface area contributed by atoms with Crippen LogP contribution in [0.25, 0.3) is 0 Å². The van der Waals surface area contributed by atoms with Gasteiger partial charge in [-0.3, -0.25) is 0 Å². The Morgan fingerprint density at radius 1 is 1.17 bits per heavy atom. The number of aromatic nitrogens is 3. The van der Waals surface area contributed by atoms with Gasteiger partial charge in [0.25, 0.3) is 0 Å². The van der Waals surface area contributed by atoms with Gasteiger partial charge in [-0.2, -0.15) is 9.97 Å². The first-order chi connectivity index (χ1) is 8.71. The van der Waals surface area contributed by atoms with E-state index in [0.29, 0.717) is 17.9 Å². The first kappa shape index (κ1) is 12.8. The van der Waals surface area contributed by atoms with Crippen molar-refractivity contribution in [2.75, 3.05) is 32.6 Å². The minimum atomic E-state index is 0.244. The van der Waals surface area contributed by atoms with Crippen LogP contribution >= 0.6 is 0 Å². The van der Waals surface area contributed by atoms with E-state index in [0.717, 1.165) is 13.0 Å². The molecule has 18 heavy (non-hydrogen) atoms. The van der Waals surface area contributed by atoms with Gasteiger partial charge < -0.3 is 20.5 Å². The van der Waals surface area contributed by atoms with Gasteiger partial charge in [-0.05, 0) is 31.2 Å². The Balaban J connectivity index is 2.00. The average molecular weight is 253 g/mol. The zero-order valence-corrected chi connectivity index (χ0v) is 10.8. The molecule has 1 aromatic rings. The Morgan fingerprint density at radius 2 is 1.78 bits per heavy atom. The van der Waals surface area contributed by atoms with Crippen LogP contribution in [0.15, 0.2) is 0 Å². The molecule has 7 heteroatoms. The molecule has 0 spiro atoms. The smallest absolute Gasteiger partial charge is 0.324 e. The van der Waals surface area contributed by atoms with Crippen molar-refractivity contribution in [1.29, 1.82) is 0 Å². The molecule has 100 valence electrons. The van der Waals surface area contributed by atoms with E-state index >= 15 is 0 Å². The van der Waals surface area contributed by atoms with Crippen LogP contribution in [0.3, 0.4) is 0 Å². The Hall–Kier alpha value is -1.63. The molecular weight excluding hydrogens is 234 g/mol. The van der Waals surface area contributed by atoms with Crippen molar-refractivity contribution >= 4 is 5.95 Å². The van der Waals surface area contributed by atoms with Crippen LogP contribution in [0.1, 0.15) is 19.3 Å². The summed E-state index contributed by atoms with van der Waals surface area (Å²) < 4.78 is 9.98. The van der Waals surface area contributed by atoms with Crippen LogP contribution in [0, 0.1) is 5.41 Å². The standard InChI is InChI=1S/C11H19N5O2/c1-17-9-14-8(15-10(16-9)18-2)13-7-11(3-4-11)5-6-12/h3-7,12H2,1-2H3,(H,13,14,15,16). The number of hydrogen-bond donors (Lipinski definition) is 2. The maximum Gasteiger partial charge on any atom is 0.324 e. The van der Waals surface area contributed by atoms with Crippen LogP contribution in [0.2, 0.25) is 0 Å². The van der Waals surface area contributed by atoms with Gasteiger partial charge in [0, 0.05) is 6.54 Å². The van der Waals surface area contributed by atoms with Crippen LogP contribution in [-0.4, -0.2) is 42.3 Å². The summed E-state index contributed by atoms with van der Waals surface area (Å²) >= 11 is 0. The lowest BCUT2D eigenvalue weighted by Gasteiger charge is -2.14. The SMILES string of the molecule is COc1nc(NCC2(CCN)CC2)nc(OC)n1. The first-order valence-corrected chi connectivity index (χ1v) is 5.99. The highest BCUT2D eigenvalue weighted by molar-refractivity contribution is 5.28. The predicted octanol–water partition coefficient (Wildman–Crippen LogP) is 0.430. The van der Waals surface area contributed by atoms with Crippen molar-refractivity contribution in [3.05, 3.63) is 0 Å². The van der Waals surface area contributed by atoms with Crippen molar-refractivity contribution in [2.24, 2.45) is 11.1 Å². The molecule has 0 bridgehead atoms. The molecule has 1 fully saturated rings. The summed E-state index contributed by atoms with van der Waals surface area (Å²) in [5, 5.41) is 3.20. The molecule has 0 amide bonds. The van der Waals surface area contributed by atoms with E-state index in [1.165, 1.54) is 27.1 Å². The third kappa shape index (κ3) is 2.98. The van der Waals surface area contributed by atoms with Crippen molar-refractivity contribution in [1.82, 2.24) is 15.0 Å². The fourth-order valence-electron chi connectivity index (χ4n) is 1.86. The van der Waals surface area contributed by atoms with E-state index in [9.17, 15) is 0 Å². The van der Waals surface area contributed by atoms with Crippen molar-refractivity contribution in [2.45, 2.75) is 19.3 Å². The van der Waals surface area contributed by atoms with Crippen molar-refractivity contribution in [3.63, 3.8) is 0 Å². The number of anilines is 1. The summed E-state index contributed by atoms with van der Waals surface area (Å²) in [6.07, 6.45) is 3.44. The lowest BCUT2D eigenvalue weighted by Crippen LogP contribution is -2.20. The van der Waals surface area contributed by atoms with E-state index in [2.05, 4.69) is 20.3 Å². The number of nitrogens with one attached hydrogen (secondary N) is 1. The second-order valence-corrected chi connectivity index (χ2v) is 4.52. The van der Waals surface area contributed by atoms with Gasteiger partial charge in [0.2, 0.25) is 5.95 Å². The molecule has 1 aliphatic carbocycles. The molecule has 1 aromatic heterocycles. The summed E-state index contributed by atoms with van der Waals surface area (Å²) in [7, 11) is 3.02. The van der Waals surface area contributed by atoms with Gasteiger partial charge in [-0.1, -0.05) is 0 Å². The largest absolute Gasteiger partial charge is 0.467 e. The number of ether oxygens (including phenoxy) is 2. The summed E-state index contributed by atoms with van der Waals surface area (Å²) in [5.41, 5.74) is 5.93. The molecule has 0 saturated heterocycles. The van der Waals surface area contributed by atoms with Gasteiger partial charge in [0.15, 0.2) is 0 Å². The zero-order valence-electron chi connectivity index (χ0n) is 10.8. The highest BCUT2D eigenvalue weighted by Crippen LogP contribution is 2.48. The molecule has 1 heterocycles. The molecule has 0 atom stereocenters. The monoisotopic (exact) mass is 253 g/mol. The molecule has 2 rings (SSSR count). The summed E-state index contributed by atoms with van der Waals surface area (Å²) in [6, 6.07) is 0.487. The topological polar surface area (TPSA) is 95.2 Å². The lowest BCUT2D eigenvalue weighted by atomic mass is 10.0. The normalized spacial score (nSPS) is 16.2. The van der Waals surface area contributed by atoms with Crippen LogP contribution in [0.4, 0.5) is 5.95 Å². The number of methoxy groups -OCH3 is 2. The van der Waals surface area contributed by atoms with Crippen LogP contribution < -0.4 is 20.5 Å². The predicted molar refractivity (Wildman–Crippen MR) is 66.8 cm³/mol. The maximum absolute atomic E-state index is 5.61. The number of hydrogen-bond acceptors (Lipinski definition) is 7. The quantitative estimate of drug-likeness (QED) is 0.727. The Kier molecular flexibility index (Phi) is 3.81. The number of nitrogens with zero attached hydrogens (tertiary/aromatic N) is 3. The maximum atomic E-state index is 5.61. The third-order valence-corrected chi connectivity index (χ3v) is 3.21. The minimum absolute atomic E-state index is 0.244. The average Bonchev–Trinajstić information content (AvgIpc) is 3.16. The Bertz CT molecular complexity index is 386. The molecule has 1 saturated carbocycles. The molecule has 0 aromatic carbocycles. The van der Waals surface area contributed by atoms with Gasteiger partial charge in [0.05, 0.1) is 14.2 Å². The fraction of sp³-hybridized carbons (Fsp3) is 0.727. The highest BCUT2D eigenvalue weighted by Gasteiger charge is 2.41. The van der Waals surface area contributed by atoms with Gasteiger partial charge in [-0.15, -0.1) is 4.98 Å². The van der Waals surface area contributed by atoms with E-state index in [4.69, 9.17) is 15.2 Å². The highest BCUT2D eigenvalue weighted by atomic mass is 16.5.